The van der Waals surface area contributed by atoms with Gasteiger partial charge in [-0.05, 0) is 38.7 Å². The lowest BCUT2D eigenvalue weighted by atomic mass is 10.1. The maximum atomic E-state index is 13.4. The highest BCUT2D eigenvalue weighted by Gasteiger charge is 2.23. The number of thioether (sulfide) groups is 1. The predicted octanol–water partition coefficient (Wildman–Crippen LogP) is 4.10. The highest BCUT2D eigenvalue weighted by Crippen LogP contribution is 2.31. The molecule has 4 heterocycles. The number of aryl methyl sites for hydroxylation is 3. The summed E-state index contributed by atoms with van der Waals surface area (Å²) >= 11 is 3.12. The second-order valence-corrected chi connectivity index (χ2v) is 8.98. The smallest absolute Gasteiger partial charge is 0.263 e. The van der Waals surface area contributed by atoms with Gasteiger partial charge in [0.2, 0.25) is 0 Å². The Morgan fingerprint density at radius 3 is 2.93 bits per heavy atom. The van der Waals surface area contributed by atoms with Crippen LogP contribution in [-0.2, 0) is 23.5 Å². The van der Waals surface area contributed by atoms with Crippen LogP contribution in [0.2, 0.25) is 0 Å². The second-order valence-electron chi connectivity index (χ2n) is 6.84. The zero-order chi connectivity index (χ0) is 19.0. The average molecular weight is 406 g/mol. The van der Waals surface area contributed by atoms with E-state index in [0.29, 0.717) is 12.3 Å². The van der Waals surface area contributed by atoms with Gasteiger partial charge in [-0.1, -0.05) is 23.8 Å². The van der Waals surface area contributed by atoms with E-state index < -0.39 is 0 Å². The van der Waals surface area contributed by atoms with Crippen LogP contribution >= 0.6 is 23.1 Å². The Morgan fingerprint density at radius 1 is 1.41 bits per heavy atom. The molecule has 8 heteroatoms. The predicted molar refractivity (Wildman–Crippen MR) is 108 cm³/mol. The molecule has 144 valence electrons. The van der Waals surface area contributed by atoms with Gasteiger partial charge >= 0.3 is 0 Å². The fraction of sp³-hybridized carbons (Fsp3) is 0.526. The first-order valence-corrected chi connectivity index (χ1v) is 11.1. The maximum absolute atomic E-state index is 13.4. The number of nitrogens with zero attached hydrogens (tertiary/aromatic N) is 3. The molecule has 0 amide bonds. The van der Waals surface area contributed by atoms with Crippen molar-refractivity contribution >= 4 is 33.3 Å². The number of ether oxygens (including phenoxy) is 1. The quantitative estimate of drug-likeness (QED) is 0.454. The molecule has 3 aromatic heterocycles. The molecule has 3 aromatic rings. The maximum Gasteiger partial charge on any atom is 0.263 e. The van der Waals surface area contributed by atoms with Gasteiger partial charge in [0.1, 0.15) is 10.6 Å². The molecule has 0 saturated carbocycles. The summed E-state index contributed by atoms with van der Waals surface area (Å²) in [6.45, 7) is 7.38. The lowest BCUT2D eigenvalue weighted by Gasteiger charge is -2.15. The van der Waals surface area contributed by atoms with Crippen molar-refractivity contribution in [2.24, 2.45) is 0 Å². The van der Waals surface area contributed by atoms with Crippen molar-refractivity contribution in [1.29, 1.82) is 0 Å². The van der Waals surface area contributed by atoms with Crippen molar-refractivity contribution in [2.75, 3.05) is 6.61 Å². The minimum Gasteiger partial charge on any atom is -0.376 e. The van der Waals surface area contributed by atoms with Crippen molar-refractivity contribution in [3.63, 3.8) is 0 Å². The highest BCUT2D eigenvalue weighted by atomic mass is 32.2. The van der Waals surface area contributed by atoms with Crippen LogP contribution in [0.1, 0.15) is 41.7 Å². The van der Waals surface area contributed by atoms with Crippen LogP contribution in [0.5, 0.6) is 0 Å². The number of hydrogen-bond donors (Lipinski definition) is 0. The summed E-state index contributed by atoms with van der Waals surface area (Å²) in [4.78, 5) is 20.2. The molecule has 6 nitrogen and oxygen atoms in total. The summed E-state index contributed by atoms with van der Waals surface area (Å²) in [6.07, 6.45) is 2.96. The lowest BCUT2D eigenvalue weighted by Crippen LogP contribution is -2.28. The standard InChI is InChI=1S/C19H23N3O3S2/c1-4-15-12(3)27-17-16(15)18(23)22(9-13-6-5-7-24-13)19(20-17)26-10-14-8-11(2)21-25-14/h8,13H,4-7,9-10H2,1-3H3/t13-/m0/s1. The molecule has 1 atom stereocenters. The van der Waals surface area contributed by atoms with E-state index in [1.807, 2.05) is 13.0 Å². The van der Waals surface area contributed by atoms with Gasteiger partial charge in [-0.25, -0.2) is 4.98 Å². The van der Waals surface area contributed by atoms with Gasteiger partial charge in [-0.2, -0.15) is 0 Å². The Hall–Kier alpha value is -1.64. The van der Waals surface area contributed by atoms with E-state index in [1.54, 1.807) is 15.9 Å². The second kappa shape index (κ2) is 7.77. The van der Waals surface area contributed by atoms with Crippen LogP contribution in [0, 0.1) is 13.8 Å². The Labute approximate surface area is 165 Å². The fourth-order valence-corrected chi connectivity index (χ4v) is 5.58. The molecule has 4 rings (SSSR count). The van der Waals surface area contributed by atoms with Crippen molar-refractivity contribution in [1.82, 2.24) is 14.7 Å². The van der Waals surface area contributed by atoms with Crippen molar-refractivity contribution < 1.29 is 9.26 Å². The van der Waals surface area contributed by atoms with Gasteiger partial charge in [0.15, 0.2) is 5.16 Å². The van der Waals surface area contributed by atoms with Crippen LogP contribution < -0.4 is 5.56 Å². The van der Waals surface area contributed by atoms with Crippen LogP contribution in [0.4, 0.5) is 0 Å². The summed E-state index contributed by atoms with van der Waals surface area (Å²) in [5.41, 5.74) is 2.02. The number of thiophene rings is 1. The third kappa shape index (κ3) is 3.70. The number of aromatic nitrogens is 3. The molecule has 0 aromatic carbocycles. The average Bonchev–Trinajstić information content (AvgIpc) is 3.36. The third-order valence-electron chi connectivity index (χ3n) is 4.86. The molecule has 0 radical (unpaired) electrons. The van der Waals surface area contributed by atoms with E-state index in [2.05, 4.69) is 19.0 Å². The molecule has 0 N–H and O–H groups in total. The minimum atomic E-state index is 0.0490. The van der Waals surface area contributed by atoms with Crippen LogP contribution in [0.25, 0.3) is 10.2 Å². The molecule has 1 aliphatic rings. The molecule has 1 fully saturated rings. The first-order valence-electron chi connectivity index (χ1n) is 9.26. The van der Waals surface area contributed by atoms with Crippen molar-refractivity contribution in [2.45, 2.75) is 63.6 Å². The molecule has 27 heavy (non-hydrogen) atoms. The van der Waals surface area contributed by atoms with Crippen molar-refractivity contribution in [3.05, 3.63) is 38.3 Å². The molecule has 0 spiro atoms. The summed E-state index contributed by atoms with van der Waals surface area (Å²) in [5.74, 6) is 1.38. The van der Waals surface area contributed by atoms with Gasteiger partial charge in [0, 0.05) is 17.6 Å². The topological polar surface area (TPSA) is 70.2 Å². The Kier molecular flexibility index (Phi) is 5.39. The molecule has 0 bridgehead atoms. The third-order valence-corrected chi connectivity index (χ3v) is 6.90. The summed E-state index contributed by atoms with van der Waals surface area (Å²) in [5, 5.41) is 5.43. The summed E-state index contributed by atoms with van der Waals surface area (Å²) in [6, 6.07) is 1.92. The lowest BCUT2D eigenvalue weighted by molar-refractivity contribution is 0.0937. The van der Waals surface area contributed by atoms with E-state index in [1.165, 1.54) is 16.6 Å². The number of rotatable bonds is 6. The van der Waals surface area contributed by atoms with Gasteiger partial charge < -0.3 is 9.26 Å². The van der Waals surface area contributed by atoms with Crippen molar-refractivity contribution in [3.8, 4) is 0 Å². The van der Waals surface area contributed by atoms with Gasteiger partial charge in [-0.15, -0.1) is 11.3 Å². The van der Waals surface area contributed by atoms with E-state index in [4.69, 9.17) is 14.2 Å². The van der Waals surface area contributed by atoms with E-state index >= 15 is 0 Å². The molecule has 0 unspecified atom stereocenters. The number of fused-ring (bicyclic) bond motifs is 1. The van der Waals surface area contributed by atoms with Crippen LogP contribution in [0.15, 0.2) is 20.5 Å². The number of hydrogen-bond acceptors (Lipinski definition) is 7. The molecule has 1 saturated heterocycles. The molecular formula is C19H23N3O3S2. The summed E-state index contributed by atoms with van der Waals surface area (Å²) in [7, 11) is 0. The Balaban J connectivity index is 1.75. The first kappa shape index (κ1) is 18.7. The largest absolute Gasteiger partial charge is 0.376 e. The molecule has 0 aliphatic carbocycles. The Bertz CT molecular complexity index is 1020. The zero-order valence-corrected chi connectivity index (χ0v) is 17.4. The monoisotopic (exact) mass is 405 g/mol. The van der Waals surface area contributed by atoms with Crippen LogP contribution in [0.3, 0.4) is 0 Å². The van der Waals surface area contributed by atoms with E-state index in [0.717, 1.165) is 58.3 Å². The zero-order valence-electron chi connectivity index (χ0n) is 15.8. The molecular weight excluding hydrogens is 382 g/mol. The first-order chi connectivity index (χ1) is 13.1. The minimum absolute atomic E-state index is 0.0490. The summed E-state index contributed by atoms with van der Waals surface area (Å²) < 4.78 is 12.9. The fourth-order valence-electron chi connectivity index (χ4n) is 3.54. The van der Waals surface area contributed by atoms with E-state index in [-0.39, 0.29) is 11.7 Å². The van der Waals surface area contributed by atoms with E-state index in [9.17, 15) is 4.79 Å². The van der Waals surface area contributed by atoms with Gasteiger partial charge in [-0.3, -0.25) is 9.36 Å². The highest BCUT2D eigenvalue weighted by molar-refractivity contribution is 7.98. The Morgan fingerprint density at radius 2 is 2.26 bits per heavy atom. The normalized spacial score (nSPS) is 17.2. The van der Waals surface area contributed by atoms with Gasteiger partial charge in [0.25, 0.3) is 5.56 Å². The van der Waals surface area contributed by atoms with Crippen LogP contribution in [-0.4, -0.2) is 27.4 Å². The SMILES string of the molecule is CCc1c(C)sc2nc(SCc3cc(C)no3)n(C[C@@H]3CCCO3)c(=O)c12. The molecule has 1 aliphatic heterocycles. The van der Waals surface area contributed by atoms with Gasteiger partial charge in [0.05, 0.1) is 29.5 Å².